The van der Waals surface area contributed by atoms with Crippen LogP contribution in [0.1, 0.15) is 24.4 Å². The van der Waals surface area contributed by atoms with Gasteiger partial charge < -0.3 is 10.6 Å². The fourth-order valence-electron chi connectivity index (χ4n) is 4.10. The SMILES string of the molecule is N[C@@H]1CN(C(=O)C2CCN(Cc3ccccc3)CC2)C[C@@H]1n1ccnn1. The Morgan fingerprint density at radius 2 is 1.92 bits per heavy atom. The summed E-state index contributed by atoms with van der Waals surface area (Å²) in [5, 5.41) is 7.90. The molecule has 7 heteroatoms. The topological polar surface area (TPSA) is 80.3 Å². The number of rotatable bonds is 4. The molecule has 1 amide bonds. The number of carbonyl (C=O) groups is 1. The molecular formula is C19H26N6O. The second-order valence-electron chi connectivity index (χ2n) is 7.39. The zero-order chi connectivity index (χ0) is 17.9. The number of carbonyl (C=O) groups excluding carboxylic acids is 1. The first-order chi connectivity index (χ1) is 12.7. The molecule has 26 heavy (non-hydrogen) atoms. The van der Waals surface area contributed by atoms with Crippen molar-refractivity contribution in [3.05, 3.63) is 48.3 Å². The monoisotopic (exact) mass is 354 g/mol. The van der Waals surface area contributed by atoms with E-state index in [1.807, 2.05) is 17.2 Å². The smallest absolute Gasteiger partial charge is 0.225 e. The Morgan fingerprint density at radius 1 is 1.15 bits per heavy atom. The fourth-order valence-corrected chi connectivity index (χ4v) is 4.10. The van der Waals surface area contributed by atoms with Crippen molar-refractivity contribution in [2.24, 2.45) is 11.7 Å². The first-order valence-electron chi connectivity index (χ1n) is 9.37. The molecule has 2 N–H and O–H groups in total. The minimum atomic E-state index is -0.0844. The zero-order valence-corrected chi connectivity index (χ0v) is 14.9. The van der Waals surface area contributed by atoms with E-state index in [0.717, 1.165) is 32.5 Å². The molecule has 0 unspecified atom stereocenters. The van der Waals surface area contributed by atoms with Gasteiger partial charge in [0.25, 0.3) is 0 Å². The van der Waals surface area contributed by atoms with Crippen LogP contribution in [0.15, 0.2) is 42.7 Å². The number of piperidine rings is 1. The van der Waals surface area contributed by atoms with Crippen LogP contribution in [0.5, 0.6) is 0 Å². The number of nitrogens with two attached hydrogens (primary N) is 1. The summed E-state index contributed by atoms with van der Waals surface area (Å²) in [5.74, 6) is 0.367. The van der Waals surface area contributed by atoms with Crippen LogP contribution >= 0.6 is 0 Å². The maximum atomic E-state index is 12.9. The van der Waals surface area contributed by atoms with Crippen LogP contribution in [-0.2, 0) is 11.3 Å². The summed E-state index contributed by atoms with van der Waals surface area (Å²) in [7, 11) is 0. The predicted molar refractivity (Wildman–Crippen MR) is 98.1 cm³/mol. The van der Waals surface area contributed by atoms with Crippen molar-refractivity contribution in [2.45, 2.75) is 31.5 Å². The maximum Gasteiger partial charge on any atom is 0.225 e. The highest BCUT2D eigenvalue weighted by molar-refractivity contribution is 5.79. The van der Waals surface area contributed by atoms with E-state index in [4.69, 9.17) is 5.73 Å². The van der Waals surface area contributed by atoms with Crippen LogP contribution in [0, 0.1) is 5.92 Å². The Hall–Kier alpha value is -2.25. The van der Waals surface area contributed by atoms with E-state index in [1.54, 1.807) is 10.9 Å². The van der Waals surface area contributed by atoms with Gasteiger partial charge in [0.2, 0.25) is 5.91 Å². The number of aromatic nitrogens is 3. The molecule has 4 rings (SSSR count). The largest absolute Gasteiger partial charge is 0.339 e. The van der Waals surface area contributed by atoms with Crippen LogP contribution in [-0.4, -0.2) is 62.9 Å². The van der Waals surface area contributed by atoms with Gasteiger partial charge in [0, 0.05) is 37.8 Å². The molecule has 0 radical (unpaired) electrons. The van der Waals surface area contributed by atoms with Gasteiger partial charge in [-0.3, -0.25) is 9.69 Å². The number of hydrogen-bond donors (Lipinski definition) is 1. The first kappa shape index (κ1) is 17.2. The van der Waals surface area contributed by atoms with Gasteiger partial charge in [-0.1, -0.05) is 35.5 Å². The van der Waals surface area contributed by atoms with Crippen LogP contribution in [0.25, 0.3) is 0 Å². The third-order valence-electron chi connectivity index (χ3n) is 5.61. The molecule has 138 valence electrons. The van der Waals surface area contributed by atoms with Gasteiger partial charge in [0.05, 0.1) is 12.2 Å². The summed E-state index contributed by atoms with van der Waals surface area (Å²) in [6, 6.07) is 10.5. The Labute approximate surface area is 153 Å². The van der Waals surface area contributed by atoms with E-state index < -0.39 is 0 Å². The van der Waals surface area contributed by atoms with Crippen molar-refractivity contribution in [3.63, 3.8) is 0 Å². The van der Waals surface area contributed by atoms with Gasteiger partial charge in [0.15, 0.2) is 0 Å². The molecule has 2 aliphatic heterocycles. The van der Waals surface area contributed by atoms with Gasteiger partial charge in [0.1, 0.15) is 0 Å². The maximum absolute atomic E-state index is 12.9. The van der Waals surface area contributed by atoms with Crippen molar-refractivity contribution in [2.75, 3.05) is 26.2 Å². The second kappa shape index (κ2) is 7.55. The number of likely N-dealkylation sites (tertiary alicyclic amines) is 2. The van der Waals surface area contributed by atoms with E-state index in [2.05, 4.69) is 39.5 Å². The molecule has 0 bridgehead atoms. The molecule has 0 spiro atoms. The molecule has 2 saturated heterocycles. The lowest BCUT2D eigenvalue weighted by Crippen LogP contribution is -2.42. The Morgan fingerprint density at radius 3 is 2.62 bits per heavy atom. The summed E-state index contributed by atoms with van der Waals surface area (Å²) in [6.07, 6.45) is 5.32. The first-order valence-corrected chi connectivity index (χ1v) is 9.37. The van der Waals surface area contributed by atoms with E-state index in [0.29, 0.717) is 13.1 Å². The molecule has 2 fully saturated rings. The molecule has 7 nitrogen and oxygen atoms in total. The van der Waals surface area contributed by atoms with Crippen LogP contribution in [0.3, 0.4) is 0 Å². The molecule has 2 atom stereocenters. The number of hydrogen-bond acceptors (Lipinski definition) is 5. The highest BCUT2D eigenvalue weighted by Crippen LogP contribution is 2.26. The van der Waals surface area contributed by atoms with Gasteiger partial charge in [-0.15, -0.1) is 5.10 Å². The highest BCUT2D eigenvalue weighted by Gasteiger charge is 2.37. The summed E-state index contributed by atoms with van der Waals surface area (Å²) in [5.41, 5.74) is 7.58. The predicted octanol–water partition coefficient (Wildman–Crippen LogP) is 0.901. The van der Waals surface area contributed by atoms with E-state index in [1.165, 1.54) is 5.56 Å². The summed E-state index contributed by atoms with van der Waals surface area (Å²) >= 11 is 0. The Balaban J connectivity index is 1.30. The minimum Gasteiger partial charge on any atom is -0.339 e. The van der Waals surface area contributed by atoms with Crippen molar-refractivity contribution in [3.8, 4) is 0 Å². The molecule has 3 heterocycles. The van der Waals surface area contributed by atoms with Crippen molar-refractivity contribution >= 4 is 5.91 Å². The van der Waals surface area contributed by atoms with Gasteiger partial charge in [-0.25, -0.2) is 4.68 Å². The second-order valence-corrected chi connectivity index (χ2v) is 7.39. The van der Waals surface area contributed by atoms with Gasteiger partial charge in [-0.2, -0.15) is 0 Å². The lowest BCUT2D eigenvalue weighted by atomic mass is 9.95. The third kappa shape index (κ3) is 3.64. The van der Waals surface area contributed by atoms with E-state index in [9.17, 15) is 4.79 Å². The summed E-state index contributed by atoms with van der Waals surface area (Å²) in [4.78, 5) is 17.3. The highest BCUT2D eigenvalue weighted by atomic mass is 16.2. The van der Waals surface area contributed by atoms with Crippen LogP contribution < -0.4 is 5.73 Å². The normalized spacial score (nSPS) is 24.9. The van der Waals surface area contributed by atoms with Gasteiger partial charge >= 0.3 is 0 Å². The average molecular weight is 354 g/mol. The lowest BCUT2D eigenvalue weighted by molar-refractivity contribution is -0.136. The average Bonchev–Trinajstić information content (AvgIpc) is 3.32. The van der Waals surface area contributed by atoms with Crippen LogP contribution in [0.2, 0.25) is 0 Å². The van der Waals surface area contributed by atoms with Crippen LogP contribution in [0.4, 0.5) is 0 Å². The van der Waals surface area contributed by atoms with Gasteiger partial charge in [-0.05, 0) is 31.5 Å². The van der Waals surface area contributed by atoms with Crippen molar-refractivity contribution in [1.82, 2.24) is 24.8 Å². The summed E-state index contributed by atoms with van der Waals surface area (Å²) < 4.78 is 1.78. The van der Waals surface area contributed by atoms with Crippen molar-refractivity contribution < 1.29 is 4.79 Å². The fraction of sp³-hybridized carbons (Fsp3) is 0.526. The molecule has 1 aromatic carbocycles. The third-order valence-corrected chi connectivity index (χ3v) is 5.61. The lowest BCUT2D eigenvalue weighted by Gasteiger charge is -2.33. The number of amides is 1. The minimum absolute atomic E-state index is 0.0274. The molecule has 0 aliphatic carbocycles. The zero-order valence-electron chi connectivity index (χ0n) is 14.9. The number of benzene rings is 1. The standard InChI is InChI=1S/C19H26N6O/c20-17-13-24(14-18(17)25-11-8-21-22-25)19(26)16-6-9-23(10-7-16)12-15-4-2-1-3-5-15/h1-5,8,11,16-18H,6-7,9-10,12-14,20H2/t17-,18+/m1/s1. The van der Waals surface area contributed by atoms with E-state index >= 15 is 0 Å². The number of nitrogens with zero attached hydrogens (tertiary/aromatic N) is 5. The molecule has 2 aromatic rings. The Bertz CT molecular complexity index is 711. The quantitative estimate of drug-likeness (QED) is 0.882. The Kier molecular flexibility index (Phi) is 4.99. The molecule has 2 aliphatic rings. The van der Waals surface area contributed by atoms with Crippen molar-refractivity contribution in [1.29, 1.82) is 0 Å². The molecule has 1 aromatic heterocycles. The molecular weight excluding hydrogens is 328 g/mol. The molecule has 0 saturated carbocycles. The van der Waals surface area contributed by atoms with E-state index in [-0.39, 0.29) is 23.9 Å². The summed E-state index contributed by atoms with van der Waals surface area (Å²) in [6.45, 7) is 4.14.